The van der Waals surface area contributed by atoms with Crippen LogP contribution in [-0.2, 0) is 9.53 Å². The van der Waals surface area contributed by atoms with Gasteiger partial charge in [-0.05, 0) is 57.2 Å². The van der Waals surface area contributed by atoms with Crippen LogP contribution in [0, 0.1) is 10.1 Å². The van der Waals surface area contributed by atoms with Gasteiger partial charge in [0, 0.05) is 0 Å². The molecule has 1 aliphatic rings. The molecule has 9 nitrogen and oxygen atoms in total. The van der Waals surface area contributed by atoms with E-state index in [4.69, 9.17) is 9.15 Å². The number of hydrazone groups is 1. The second kappa shape index (κ2) is 7.47. The number of rotatable bonds is 5. The van der Waals surface area contributed by atoms with Crippen LogP contribution in [0.3, 0.4) is 0 Å². The fourth-order valence-corrected chi connectivity index (χ4v) is 2.54. The average Bonchev–Trinajstić information content (AvgIpc) is 3.22. The summed E-state index contributed by atoms with van der Waals surface area (Å²) in [5.74, 6) is -1.09. The first-order valence-corrected chi connectivity index (χ1v) is 8.43. The van der Waals surface area contributed by atoms with Crippen molar-refractivity contribution in [2.75, 3.05) is 5.01 Å². The Balaban J connectivity index is 1.81. The van der Waals surface area contributed by atoms with Crippen LogP contribution < -0.4 is 5.01 Å². The highest BCUT2D eigenvalue weighted by molar-refractivity contribution is 6.32. The third-order valence-corrected chi connectivity index (χ3v) is 3.83. The maximum absolute atomic E-state index is 12.7. The van der Waals surface area contributed by atoms with Crippen molar-refractivity contribution in [3.8, 4) is 0 Å². The topological polar surface area (TPSA) is 115 Å². The predicted octanol–water partition coefficient (Wildman–Crippen LogP) is 3.56. The Morgan fingerprint density at radius 3 is 2.50 bits per heavy atom. The summed E-state index contributed by atoms with van der Waals surface area (Å²) >= 11 is 0. The molecule has 1 aromatic carbocycles. The molecule has 0 N–H and O–H groups in total. The Morgan fingerprint density at radius 2 is 1.93 bits per heavy atom. The molecule has 0 aliphatic carbocycles. The normalized spacial score (nSPS) is 15.3. The standard InChI is InChI=1S/C19H17N3O6/c1-11(2)27-19(24)13-4-6-14(7-5-13)21-18(23)16(12(3)20-21)10-15-8-9-17(28-15)22(25)26/h4-11H,1-3H3/b16-10-. The Labute approximate surface area is 160 Å². The lowest BCUT2D eigenvalue weighted by atomic mass is 10.1. The first-order chi connectivity index (χ1) is 13.3. The van der Waals surface area contributed by atoms with Gasteiger partial charge in [0.05, 0.1) is 34.7 Å². The molecule has 1 aliphatic heterocycles. The van der Waals surface area contributed by atoms with Crippen LogP contribution in [0.2, 0.25) is 0 Å². The van der Waals surface area contributed by atoms with E-state index in [0.717, 1.165) is 0 Å². The van der Waals surface area contributed by atoms with E-state index in [2.05, 4.69) is 5.10 Å². The van der Waals surface area contributed by atoms with Gasteiger partial charge in [0.15, 0.2) is 0 Å². The number of anilines is 1. The minimum Gasteiger partial charge on any atom is -0.459 e. The van der Waals surface area contributed by atoms with Crippen LogP contribution in [0.4, 0.5) is 11.6 Å². The number of furan rings is 1. The molecule has 1 aromatic heterocycles. The molecule has 0 bridgehead atoms. The molecule has 0 fully saturated rings. The smallest absolute Gasteiger partial charge is 0.433 e. The van der Waals surface area contributed by atoms with Gasteiger partial charge in [-0.15, -0.1) is 0 Å². The van der Waals surface area contributed by atoms with Gasteiger partial charge in [-0.25, -0.2) is 4.79 Å². The van der Waals surface area contributed by atoms with Crippen LogP contribution in [0.5, 0.6) is 0 Å². The number of amides is 1. The van der Waals surface area contributed by atoms with E-state index in [9.17, 15) is 19.7 Å². The second-order valence-corrected chi connectivity index (χ2v) is 6.29. The molecule has 3 rings (SSSR count). The minimum absolute atomic E-state index is 0.179. The fourth-order valence-electron chi connectivity index (χ4n) is 2.54. The highest BCUT2D eigenvalue weighted by atomic mass is 16.6. The number of carbonyl (C=O) groups is 2. The van der Waals surface area contributed by atoms with Crippen molar-refractivity contribution < 1.29 is 23.7 Å². The van der Waals surface area contributed by atoms with Gasteiger partial charge in [0.25, 0.3) is 5.91 Å². The zero-order valence-corrected chi connectivity index (χ0v) is 15.4. The van der Waals surface area contributed by atoms with Crippen LogP contribution >= 0.6 is 0 Å². The summed E-state index contributed by atoms with van der Waals surface area (Å²) in [4.78, 5) is 34.7. The van der Waals surface area contributed by atoms with Gasteiger partial charge < -0.3 is 9.15 Å². The first-order valence-electron chi connectivity index (χ1n) is 8.43. The number of carbonyl (C=O) groups excluding carboxylic acids is 2. The quantitative estimate of drug-likeness (QED) is 0.337. The van der Waals surface area contributed by atoms with Crippen molar-refractivity contribution in [2.45, 2.75) is 26.9 Å². The zero-order chi connectivity index (χ0) is 20.4. The summed E-state index contributed by atoms with van der Waals surface area (Å²) in [7, 11) is 0. The lowest BCUT2D eigenvalue weighted by Gasteiger charge is -2.13. The molecule has 2 heterocycles. The van der Waals surface area contributed by atoms with Gasteiger partial charge >= 0.3 is 11.9 Å². The monoisotopic (exact) mass is 383 g/mol. The van der Waals surface area contributed by atoms with E-state index in [1.165, 1.54) is 23.2 Å². The summed E-state index contributed by atoms with van der Waals surface area (Å²) in [6.45, 7) is 5.16. The maximum atomic E-state index is 12.7. The largest absolute Gasteiger partial charge is 0.459 e. The summed E-state index contributed by atoms with van der Waals surface area (Å²) in [5, 5.41) is 16.1. The van der Waals surface area contributed by atoms with E-state index in [-0.39, 0.29) is 17.4 Å². The van der Waals surface area contributed by atoms with E-state index < -0.39 is 22.7 Å². The van der Waals surface area contributed by atoms with Gasteiger partial charge in [0.2, 0.25) is 0 Å². The molecular weight excluding hydrogens is 366 g/mol. The van der Waals surface area contributed by atoms with Crippen molar-refractivity contribution in [3.63, 3.8) is 0 Å². The van der Waals surface area contributed by atoms with Crippen LogP contribution in [0.15, 0.2) is 51.5 Å². The molecule has 144 valence electrons. The van der Waals surface area contributed by atoms with Crippen LogP contribution in [-0.4, -0.2) is 28.6 Å². The number of benzene rings is 1. The van der Waals surface area contributed by atoms with Gasteiger partial charge in [-0.2, -0.15) is 10.1 Å². The number of esters is 1. The fraction of sp³-hybridized carbons (Fsp3) is 0.211. The minimum atomic E-state index is -0.655. The van der Waals surface area contributed by atoms with Crippen LogP contribution in [0.1, 0.15) is 36.9 Å². The zero-order valence-electron chi connectivity index (χ0n) is 15.4. The van der Waals surface area contributed by atoms with Crippen molar-refractivity contribution in [1.29, 1.82) is 0 Å². The molecule has 9 heteroatoms. The maximum Gasteiger partial charge on any atom is 0.433 e. The SMILES string of the molecule is CC1=NN(c2ccc(C(=O)OC(C)C)cc2)C(=O)/C1=C\c1ccc([N+](=O)[O-])o1. The summed E-state index contributed by atoms with van der Waals surface area (Å²) in [6.07, 6.45) is 1.17. The lowest BCUT2D eigenvalue weighted by Crippen LogP contribution is -2.21. The molecule has 0 radical (unpaired) electrons. The third kappa shape index (κ3) is 3.83. The highest BCUT2D eigenvalue weighted by Gasteiger charge is 2.29. The number of nitrogens with zero attached hydrogens (tertiary/aromatic N) is 3. The van der Waals surface area contributed by atoms with Crippen molar-refractivity contribution in [3.05, 3.63) is 63.4 Å². The van der Waals surface area contributed by atoms with Crippen molar-refractivity contribution in [1.82, 2.24) is 0 Å². The molecule has 0 atom stereocenters. The van der Waals surface area contributed by atoms with E-state index in [1.807, 2.05) is 0 Å². The van der Waals surface area contributed by atoms with Gasteiger partial charge in [0.1, 0.15) is 10.7 Å². The Hall–Kier alpha value is -3.75. The Morgan fingerprint density at radius 1 is 1.25 bits per heavy atom. The van der Waals surface area contributed by atoms with Gasteiger partial charge in [-0.3, -0.25) is 14.9 Å². The van der Waals surface area contributed by atoms with Crippen molar-refractivity contribution in [2.24, 2.45) is 5.10 Å². The molecule has 28 heavy (non-hydrogen) atoms. The first kappa shape index (κ1) is 19.0. The highest BCUT2D eigenvalue weighted by Crippen LogP contribution is 2.26. The number of nitro groups is 1. The predicted molar refractivity (Wildman–Crippen MR) is 101 cm³/mol. The summed E-state index contributed by atoms with van der Waals surface area (Å²) in [5.41, 5.74) is 1.53. The van der Waals surface area contributed by atoms with E-state index in [1.54, 1.807) is 45.0 Å². The molecule has 1 amide bonds. The molecule has 0 spiro atoms. The van der Waals surface area contributed by atoms with Gasteiger partial charge in [-0.1, -0.05) is 0 Å². The van der Waals surface area contributed by atoms with E-state index >= 15 is 0 Å². The lowest BCUT2D eigenvalue weighted by molar-refractivity contribution is -0.402. The molecule has 0 unspecified atom stereocenters. The summed E-state index contributed by atoms with van der Waals surface area (Å²) in [6, 6.07) is 8.90. The number of hydrogen-bond donors (Lipinski definition) is 0. The van der Waals surface area contributed by atoms with E-state index in [0.29, 0.717) is 17.0 Å². The number of ether oxygens (including phenoxy) is 1. The summed E-state index contributed by atoms with van der Waals surface area (Å²) < 4.78 is 10.2. The van der Waals surface area contributed by atoms with Crippen LogP contribution in [0.25, 0.3) is 6.08 Å². The average molecular weight is 383 g/mol. The Bertz CT molecular complexity index is 1000. The molecular formula is C19H17N3O6. The second-order valence-electron chi connectivity index (χ2n) is 6.29. The Kier molecular flexibility index (Phi) is 5.08. The number of hydrogen-bond acceptors (Lipinski definition) is 7. The van der Waals surface area contributed by atoms with Crippen molar-refractivity contribution >= 4 is 35.2 Å². The molecule has 2 aromatic rings. The molecule has 0 saturated carbocycles. The molecule has 0 saturated heterocycles. The third-order valence-electron chi connectivity index (χ3n) is 3.83.